The summed E-state index contributed by atoms with van der Waals surface area (Å²) in [5.41, 5.74) is 9.16. The molecule has 4 atom stereocenters. The molecule has 1 saturated carbocycles. The molecule has 2 aliphatic carbocycles. The van der Waals surface area contributed by atoms with E-state index in [1.807, 2.05) is 0 Å². The third-order valence-electron chi connectivity index (χ3n) is 5.51. The summed E-state index contributed by atoms with van der Waals surface area (Å²) in [6.07, 6.45) is 10.5. The number of hydrogen-bond donors (Lipinski definition) is 2. The normalized spacial score (nSPS) is 35.6. The van der Waals surface area contributed by atoms with Crippen LogP contribution in [0.15, 0.2) is 16.3 Å². The Morgan fingerprint density at radius 1 is 1.20 bits per heavy atom. The molecular formula is C17H29N3. The molecule has 3 heteroatoms. The van der Waals surface area contributed by atoms with Crippen LogP contribution in [0.5, 0.6) is 0 Å². The summed E-state index contributed by atoms with van der Waals surface area (Å²) in [6, 6.07) is 0.406. The first-order valence-electron chi connectivity index (χ1n) is 8.58. The fourth-order valence-corrected chi connectivity index (χ4v) is 4.70. The van der Waals surface area contributed by atoms with Gasteiger partial charge in [0.1, 0.15) is 0 Å². The van der Waals surface area contributed by atoms with Gasteiger partial charge in [-0.05, 0) is 43.1 Å². The maximum Gasteiger partial charge on any atom is 0.193 e. The summed E-state index contributed by atoms with van der Waals surface area (Å²) >= 11 is 0. The molecule has 0 amide bonds. The van der Waals surface area contributed by atoms with Crippen LogP contribution in [-0.2, 0) is 0 Å². The Labute approximate surface area is 123 Å². The second-order valence-corrected chi connectivity index (χ2v) is 6.83. The molecule has 20 heavy (non-hydrogen) atoms. The monoisotopic (exact) mass is 275 g/mol. The van der Waals surface area contributed by atoms with Crippen LogP contribution in [0.4, 0.5) is 0 Å². The predicted molar refractivity (Wildman–Crippen MR) is 84.3 cm³/mol. The summed E-state index contributed by atoms with van der Waals surface area (Å²) in [5, 5.41) is 3.47. The standard InChI is InChI=1S/C17H29N3/c1-3-5-7-13-11(6-4-2)10-12-8-9-14-15(12)16(13)20-17(18)19-14/h11-14H,3-10H2,1-2H3,(H3,18,19,20)/t11-,12+,13+,14+/m1/s1. The molecule has 0 aromatic rings. The van der Waals surface area contributed by atoms with Gasteiger partial charge in [-0.2, -0.15) is 0 Å². The highest BCUT2D eigenvalue weighted by Crippen LogP contribution is 2.50. The van der Waals surface area contributed by atoms with Crippen LogP contribution in [0.2, 0.25) is 0 Å². The Hall–Kier alpha value is -0.990. The number of hydrogen-bond acceptors (Lipinski definition) is 3. The van der Waals surface area contributed by atoms with Gasteiger partial charge >= 0.3 is 0 Å². The maximum atomic E-state index is 6.04. The number of unbranched alkanes of at least 4 members (excludes halogenated alkanes) is 1. The van der Waals surface area contributed by atoms with Crippen LogP contribution in [0.3, 0.4) is 0 Å². The molecule has 0 bridgehead atoms. The van der Waals surface area contributed by atoms with Crippen molar-refractivity contribution < 1.29 is 0 Å². The summed E-state index contributed by atoms with van der Waals surface area (Å²) in [7, 11) is 0. The zero-order valence-corrected chi connectivity index (χ0v) is 13.0. The van der Waals surface area contributed by atoms with Crippen LogP contribution in [0, 0.1) is 17.8 Å². The number of allylic oxidation sites excluding steroid dienone is 1. The van der Waals surface area contributed by atoms with Gasteiger partial charge in [0.05, 0.1) is 6.04 Å². The number of nitrogens with one attached hydrogen (secondary N) is 1. The SMILES string of the molecule is CCCC[C@@H]1C2=C3[C@@H](CC[C@@H]3N=C(N)N2)C[C@H]1CCC. The van der Waals surface area contributed by atoms with Gasteiger partial charge in [0.15, 0.2) is 5.96 Å². The Morgan fingerprint density at radius 2 is 2.05 bits per heavy atom. The van der Waals surface area contributed by atoms with Gasteiger partial charge in [-0.15, -0.1) is 0 Å². The van der Waals surface area contributed by atoms with Crippen molar-refractivity contribution in [3.8, 4) is 0 Å². The first-order chi connectivity index (χ1) is 9.74. The van der Waals surface area contributed by atoms with Crippen LogP contribution in [-0.4, -0.2) is 12.0 Å². The molecule has 3 nitrogen and oxygen atoms in total. The van der Waals surface area contributed by atoms with Gasteiger partial charge in [-0.3, -0.25) is 0 Å². The minimum absolute atomic E-state index is 0.406. The van der Waals surface area contributed by atoms with Crippen molar-refractivity contribution in [2.24, 2.45) is 28.5 Å². The molecule has 0 radical (unpaired) electrons. The van der Waals surface area contributed by atoms with Crippen molar-refractivity contribution in [2.45, 2.75) is 71.3 Å². The van der Waals surface area contributed by atoms with Crippen molar-refractivity contribution in [1.29, 1.82) is 0 Å². The number of rotatable bonds is 5. The number of nitrogens with zero attached hydrogens (tertiary/aromatic N) is 1. The van der Waals surface area contributed by atoms with Gasteiger partial charge in [-0.25, -0.2) is 4.99 Å². The minimum atomic E-state index is 0.406. The van der Waals surface area contributed by atoms with Gasteiger partial charge in [-0.1, -0.05) is 39.5 Å². The van der Waals surface area contributed by atoms with E-state index in [9.17, 15) is 0 Å². The maximum absolute atomic E-state index is 6.04. The van der Waals surface area contributed by atoms with E-state index in [2.05, 4.69) is 24.2 Å². The van der Waals surface area contributed by atoms with Gasteiger partial charge in [0.2, 0.25) is 0 Å². The van der Waals surface area contributed by atoms with Gasteiger partial charge in [0.25, 0.3) is 0 Å². The average molecular weight is 275 g/mol. The fourth-order valence-electron chi connectivity index (χ4n) is 4.70. The lowest BCUT2D eigenvalue weighted by Gasteiger charge is -2.40. The zero-order chi connectivity index (χ0) is 14.1. The molecule has 1 heterocycles. The highest BCUT2D eigenvalue weighted by atomic mass is 15.1. The molecule has 3 rings (SSSR count). The Bertz CT molecular complexity index is 424. The van der Waals surface area contributed by atoms with E-state index in [1.54, 1.807) is 5.57 Å². The van der Waals surface area contributed by atoms with Crippen LogP contribution < -0.4 is 11.1 Å². The Balaban J connectivity index is 1.90. The van der Waals surface area contributed by atoms with Gasteiger partial charge < -0.3 is 11.1 Å². The molecule has 112 valence electrons. The molecule has 3 aliphatic rings. The second kappa shape index (κ2) is 5.79. The second-order valence-electron chi connectivity index (χ2n) is 6.83. The molecule has 0 saturated heterocycles. The average Bonchev–Trinajstić information content (AvgIpc) is 2.82. The van der Waals surface area contributed by atoms with Crippen molar-refractivity contribution in [3.05, 3.63) is 11.3 Å². The lowest BCUT2D eigenvalue weighted by Crippen LogP contribution is -2.44. The van der Waals surface area contributed by atoms with Crippen LogP contribution in [0.25, 0.3) is 0 Å². The van der Waals surface area contributed by atoms with E-state index in [1.165, 1.54) is 57.1 Å². The van der Waals surface area contributed by atoms with E-state index < -0.39 is 0 Å². The zero-order valence-electron chi connectivity index (χ0n) is 13.0. The largest absolute Gasteiger partial charge is 0.370 e. The molecule has 0 aromatic heterocycles. The Kier molecular flexibility index (Phi) is 4.04. The third kappa shape index (κ3) is 2.36. The van der Waals surface area contributed by atoms with Crippen molar-refractivity contribution >= 4 is 5.96 Å². The summed E-state index contributed by atoms with van der Waals surface area (Å²) in [6.45, 7) is 4.61. The summed E-state index contributed by atoms with van der Waals surface area (Å²) in [4.78, 5) is 4.64. The molecule has 1 fully saturated rings. The van der Waals surface area contributed by atoms with E-state index in [0.717, 1.165) is 11.8 Å². The quantitative estimate of drug-likeness (QED) is 0.806. The molecule has 0 aromatic carbocycles. The lowest BCUT2D eigenvalue weighted by molar-refractivity contribution is 0.245. The van der Waals surface area contributed by atoms with Crippen molar-refractivity contribution in [2.75, 3.05) is 0 Å². The lowest BCUT2D eigenvalue weighted by atomic mass is 9.69. The van der Waals surface area contributed by atoms with E-state index >= 15 is 0 Å². The smallest absolute Gasteiger partial charge is 0.193 e. The van der Waals surface area contributed by atoms with Gasteiger partial charge in [0, 0.05) is 11.6 Å². The summed E-state index contributed by atoms with van der Waals surface area (Å²) in [5.74, 6) is 3.00. The van der Waals surface area contributed by atoms with E-state index in [4.69, 9.17) is 5.73 Å². The first-order valence-corrected chi connectivity index (χ1v) is 8.58. The van der Waals surface area contributed by atoms with Crippen LogP contribution >= 0.6 is 0 Å². The first kappa shape index (κ1) is 14.0. The van der Waals surface area contributed by atoms with Crippen molar-refractivity contribution in [3.63, 3.8) is 0 Å². The Morgan fingerprint density at radius 3 is 2.80 bits per heavy atom. The molecule has 0 unspecified atom stereocenters. The molecule has 3 N–H and O–H groups in total. The van der Waals surface area contributed by atoms with Crippen LogP contribution in [0.1, 0.15) is 65.2 Å². The molecule has 1 aliphatic heterocycles. The summed E-state index contributed by atoms with van der Waals surface area (Å²) < 4.78 is 0. The predicted octanol–water partition coefficient (Wildman–Crippen LogP) is 3.56. The van der Waals surface area contributed by atoms with E-state index in [-0.39, 0.29) is 0 Å². The third-order valence-corrected chi connectivity index (χ3v) is 5.51. The number of guanidine groups is 1. The minimum Gasteiger partial charge on any atom is -0.370 e. The van der Waals surface area contributed by atoms with Crippen molar-refractivity contribution in [1.82, 2.24) is 5.32 Å². The van der Waals surface area contributed by atoms with E-state index in [0.29, 0.717) is 17.9 Å². The highest BCUT2D eigenvalue weighted by Gasteiger charge is 2.43. The highest BCUT2D eigenvalue weighted by molar-refractivity contribution is 5.82. The molecule has 0 spiro atoms. The number of aliphatic imine (C=N–C) groups is 1. The topological polar surface area (TPSA) is 50.4 Å². The number of nitrogens with two attached hydrogens (primary N) is 1. The molecular weight excluding hydrogens is 246 g/mol. The fraction of sp³-hybridized carbons (Fsp3) is 0.824.